The molecule has 0 fully saturated rings. The Hall–Kier alpha value is -2.85. The summed E-state index contributed by atoms with van der Waals surface area (Å²) in [5, 5.41) is 9.94. The van der Waals surface area contributed by atoms with E-state index in [1.54, 1.807) is 24.3 Å². The number of allylic oxidation sites excluding steroid dienone is 2. The van der Waals surface area contributed by atoms with Gasteiger partial charge in [0, 0.05) is 5.56 Å². The summed E-state index contributed by atoms with van der Waals surface area (Å²) in [4.78, 5) is 11.6. The third-order valence-corrected chi connectivity index (χ3v) is 3.57. The Labute approximate surface area is 141 Å². The second kappa shape index (κ2) is 8.13. The number of rotatable bonds is 7. The van der Waals surface area contributed by atoms with Crippen LogP contribution in [0, 0.1) is 0 Å². The highest BCUT2D eigenvalue weighted by atomic mass is 16.5. The van der Waals surface area contributed by atoms with Crippen LogP contribution in [0.4, 0.5) is 0 Å². The Kier molecular flexibility index (Phi) is 5.93. The summed E-state index contributed by atoms with van der Waals surface area (Å²) < 4.78 is 5.34. The molecule has 2 aromatic carbocycles. The van der Waals surface area contributed by atoms with Gasteiger partial charge in [-0.15, -0.1) is 13.2 Å². The quantitative estimate of drug-likeness (QED) is 0.465. The van der Waals surface area contributed by atoms with Crippen LogP contribution in [0.1, 0.15) is 11.1 Å². The lowest BCUT2D eigenvalue weighted by molar-refractivity contribution is -0.132. The second-order valence-corrected chi connectivity index (χ2v) is 5.34. The molecule has 0 amide bonds. The van der Waals surface area contributed by atoms with Crippen molar-refractivity contribution in [1.29, 1.82) is 0 Å². The Morgan fingerprint density at radius 2 is 1.88 bits per heavy atom. The first-order valence-corrected chi connectivity index (χ1v) is 7.66. The molecular formula is C20H21NO3. The molecule has 0 aliphatic carbocycles. The molecule has 0 bridgehead atoms. The Bertz CT molecular complexity index is 765. The number of benzene rings is 2. The van der Waals surface area contributed by atoms with Gasteiger partial charge in [0.25, 0.3) is 0 Å². The summed E-state index contributed by atoms with van der Waals surface area (Å²) in [6.07, 6.45) is 4.78. The van der Waals surface area contributed by atoms with Gasteiger partial charge < -0.3 is 15.6 Å². The average molecular weight is 323 g/mol. The highest BCUT2D eigenvalue weighted by molar-refractivity contribution is 5.79. The maximum atomic E-state index is 11.6. The van der Waals surface area contributed by atoms with Crippen LogP contribution >= 0.6 is 0 Å². The molecule has 0 spiro atoms. The van der Waals surface area contributed by atoms with E-state index >= 15 is 0 Å². The number of ether oxygens (including phenoxy) is 1. The van der Waals surface area contributed by atoms with Crippen molar-refractivity contribution in [2.75, 3.05) is 6.54 Å². The molecule has 0 aromatic heterocycles. The zero-order valence-electron chi connectivity index (χ0n) is 13.5. The highest BCUT2D eigenvalue weighted by Crippen LogP contribution is 2.34. The van der Waals surface area contributed by atoms with Gasteiger partial charge in [0.15, 0.2) is 0 Å². The zero-order valence-corrected chi connectivity index (χ0v) is 13.5. The van der Waals surface area contributed by atoms with Crippen LogP contribution in [-0.4, -0.2) is 17.6 Å². The summed E-state index contributed by atoms with van der Waals surface area (Å²) in [5.41, 5.74) is 8.75. The van der Waals surface area contributed by atoms with E-state index in [0.717, 1.165) is 22.3 Å². The summed E-state index contributed by atoms with van der Waals surface area (Å²) in [6.45, 7) is 7.26. The van der Waals surface area contributed by atoms with Crippen molar-refractivity contribution < 1.29 is 14.6 Å². The molecule has 0 unspecified atom stereocenters. The minimum absolute atomic E-state index is 0.189. The van der Waals surface area contributed by atoms with Gasteiger partial charge in [0.1, 0.15) is 11.5 Å². The molecule has 4 heteroatoms. The molecule has 2 aromatic rings. The van der Waals surface area contributed by atoms with Gasteiger partial charge in [0.2, 0.25) is 0 Å². The van der Waals surface area contributed by atoms with E-state index in [1.807, 2.05) is 24.3 Å². The molecular weight excluding hydrogens is 302 g/mol. The van der Waals surface area contributed by atoms with Gasteiger partial charge in [-0.2, -0.15) is 0 Å². The standard InChI is InChI=1S/C20H21NO3/c1-3-5-14-7-10-19(24-20(23)13-21)17(11-14)15-8-9-18(22)16(12-15)6-4-2/h3-4,7-12,22H,1-2,5-6,13,21H2. The third kappa shape index (κ3) is 4.12. The number of esters is 1. The van der Waals surface area contributed by atoms with E-state index < -0.39 is 5.97 Å². The van der Waals surface area contributed by atoms with Crippen LogP contribution in [0.15, 0.2) is 61.7 Å². The van der Waals surface area contributed by atoms with Crippen molar-refractivity contribution in [3.05, 3.63) is 72.8 Å². The first kappa shape index (κ1) is 17.5. The summed E-state index contributed by atoms with van der Waals surface area (Å²) in [5.74, 6) is 0.146. The summed E-state index contributed by atoms with van der Waals surface area (Å²) >= 11 is 0. The SMILES string of the molecule is C=CCc1ccc(OC(=O)CN)c(-c2ccc(O)c(CC=C)c2)c1. The fourth-order valence-corrected chi connectivity index (χ4v) is 2.42. The first-order chi connectivity index (χ1) is 11.6. The molecule has 2 rings (SSSR count). The zero-order chi connectivity index (χ0) is 17.5. The van der Waals surface area contributed by atoms with E-state index in [0.29, 0.717) is 18.6 Å². The van der Waals surface area contributed by atoms with E-state index in [1.165, 1.54) is 0 Å². The van der Waals surface area contributed by atoms with Crippen molar-refractivity contribution in [3.8, 4) is 22.6 Å². The Morgan fingerprint density at radius 3 is 2.54 bits per heavy atom. The number of nitrogens with two attached hydrogens (primary N) is 1. The molecule has 124 valence electrons. The predicted molar refractivity (Wildman–Crippen MR) is 96.0 cm³/mol. The fourth-order valence-electron chi connectivity index (χ4n) is 2.42. The Balaban J connectivity index is 2.54. The van der Waals surface area contributed by atoms with Crippen LogP contribution in [0.5, 0.6) is 11.5 Å². The lowest BCUT2D eigenvalue weighted by atomic mass is 9.97. The van der Waals surface area contributed by atoms with Crippen LogP contribution < -0.4 is 10.5 Å². The van der Waals surface area contributed by atoms with Gasteiger partial charge in [-0.05, 0) is 53.8 Å². The number of phenolic OH excluding ortho intramolecular Hbond substituents is 1. The minimum Gasteiger partial charge on any atom is -0.508 e. The fraction of sp³-hybridized carbons (Fsp3) is 0.150. The molecule has 0 atom stereocenters. The molecule has 4 nitrogen and oxygen atoms in total. The van der Waals surface area contributed by atoms with E-state index in [-0.39, 0.29) is 12.3 Å². The number of hydrogen-bond acceptors (Lipinski definition) is 4. The maximum Gasteiger partial charge on any atom is 0.325 e. The molecule has 24 heavy (non-hydrogen) atoms. The number of carbonyl (C=O) groups excluding carboxylic acids is 1. The first-order valence-electron chi connectivity index (χ1n) is 7.66. The van der Waals surface area contributed by atoms with E-state index in [9.17, 15) is 9.90 Å². The number of carbonyl (C=O) groups is 1. The molecule has 0 radical (unpaired) electrons. The maximum absolute atomic E-state index is 11.6. The molecule has 0 aliphatic rings. The minimum atomic E-state index is -0.502. The van der Waals surface area contributed by atoms with Crippen LogP contribution in [0.25, 0.3) is 11.1 Å². The predicted octanol–water partition coefficient (Wildman–Crippen LogP) is 3.38. The monoisotopic (exact) mass is 323 g/mol. The number of hydrogen-bond donors (Lipinski definition) is 2. The van der Waals surface area contributed by atoms with Gasteiger partial charge in [0.05, 0.1) is 6.54 Å². The van der Waals surface area contributed by atoms with Gasteiger partial charge in [-0.1, -0.05) is 24.3 Å². The average Bonchev–Trinajstić information content (AvgIpc) is 2.58. The lowest BCUT2D eigenvalue weighted by Crippen LogP contribution is -2.19. The van der Waals surface area contributed by atoms with Crippen LogP contribution in [0.2, 0.25) is 0 Å². The summed E-state index contributed by atoms with van der Waals surface area (Å²) in [6, 6.07) is 10.9. The van der Waals surface area contributed by atoms with Crippen molar-refractivity contribution in [1.82, 2.24) is 0 Å². The van der Waals surface area contributed by atoms with Crippen molar-refractivity contribution >= 4 is 5.97 Å². The Morgan fingerprint density at radius 1 is 1.12 bits per heavy atom. The highest BCUT2D eigenvalue weighted by Gasteiger charge is 2.12. The second-order valence-electron chi connectivity index (χ2n) is 5.34. The van der Waals surface area contributed by atoms with Crippen molar-refractivity contribution in [2.45, 2.75) is 12.8 Å². The van der Waals surface area contributed by atoms with Gasteiger partial charge >= 0.3 is 5.97 Å². The third-order valence-electron chi connectivity index (χ3n) is 3.57. The molecule has 0 saturated carbocycles. The normalized spacial score (nSPS) is 10.2. The topological polar surface area (TPSA) is 72.5 Å². The largest absolute Gasteiger partial charge is 0.508 e. The van der Waals surface area contributed by atoms with Crippen LogP contribution in [-0.2, 0) is 17.6 Å². The molecule has 0 saturated heterocycles. The molecule has 0 aliphatic heterocycles. The van der Waals surface area contributed by atoms with Gasteiger partial charge in [-0.25, -0.2) is 0 Å². The molecule has 0 heterocycles. The van der Waals surface area contributed by atoms with E-state index in [4.69, 9.17) is 10.5 Å². The summed E-state index contributed by atoms with van der Waals surface area (Å²) in [7, 11) is 0. The smallest absolute Gasteiger partial charge is 0.325 e. The van der Waals surface area contributed by atoms with Crippen LogP contribution in [0.3, 0.4) is 0 Å². The number of aromatic hydroxyl groups is 1. The van der Waals surface area contributed by atoms with E-state index in [2.05, 4.69) is 13.2 Å². The van der Waals surface area contributed by atoms with Crippen molar-refractivity contribution in [2.24, 2.45) is 5.73 Å². The number of phenols is 1. The lowest BCUT2D eigenvalue weighted by Gasteiger charge is -2.13. The molecule has 3 N–H and O–H groups in total. The van der Waals surface area contributed by atoms with Crippen molar-refractivity contribution in [3.63, 3.8) is 0 Å². The van der Waals surface area contributed by atoms with Gasteiger partial charge in [-0.3, -0.25) is 4.79 Å².